The number of rotatable bonds is 3. The van der Waals surface area contributed by atoms with E-state index in [4.69, 9.17) is 4.74 Å². The number of amides is 1. The smallest absolute Gasteiger partial charge is 0.306 e. The first-order valence-corrected chi connectivity index (χ1v) is 5.88. The minimum atomic E-state index is -0.465. The van der Waals surface area contributed by atoms with Gasteiger partial charge in [-0.2, -0.15) is 0 Å². The quantitative estimate of drug-likeness (QED) is 0.690. The molecule has 1 saturated heterocycles. The molecule has 92 valence electrons. The van der Waals surface area contributed by atoms with Crippen molar-refractivity contribution in [1.29, 1.82) is 0 Å². The standard InChI is InChI=1S/C12H21NO3/c1-12(2,3)16-11(15)7-6-10(14)13-8-4-5-9-13/h4-9H2,1-3H3. The lowest BCUT2D eigenvalue weighted by Gasteiger charge is -2.20. The van der Waals surface area contributed by atoms with Crippen LogP contribution in [0.3, 0.4) is 0 Å². The van der Waals surface area contributed by atoms with Gasteiger partial charge in [-0.3, -0.25) is 9.59 Å². The minimum absolute atomic E-state index is 0.0726. The van der Waals surface area contributed by atoms with Crippen molar-refractivity contribution in [3.63, 3.8) is 0 Å². The van der Waals surface area contributed by atoms with E-state index < -0.39 is 5.60 Å². The predicted molar refractivity (Wildman–Crippen MR) is 60.9 cm³/mol. The SMILES string of the molecule is CC(C)(C)OC(=O)CCC(=O)N1CCCC1. The lowest BCUT2D eigenvalue weighted by Crippen LogP contribution is -2.29. The molecule has 4 nitrogen and oxygen atoms in total. The highest BCUT2D eigenvalue weighted by Gasteiger charge is 2.21. The third-order valence-corrected chi connectivity index (χ3v) is 2.42. The molecule has 0 saturated carbocycles. The Labute approximate surface area is 96.9 Å². The van der Waals surface area contributed by atoms with E-state index in [9.17, 15) is 9.59 Å². The summed E-state index contributed by atoms with van der Waals surface area (Å²) in [6.07, 6.45) is 2.62. The van der Waals surface area contributed by atoms with Crippen molar-refractivity contribution < 1.29 is 14.3 Å². The van der Waals surface area contributed by atoms with Gasteiger partial charge in [0, 0.05) is 19.5 Å². The van der Waals surface area contributed by atoms with Gasteiger partial charge >= 0.3 is 5.97 Å². The van der Waals surface area contributed by atoms with Crippen LogP contribution in [0.15, 0.2) is 0 Å². The van der Waals surface area contributed by atoms with Crippen LogP contribution in [0.4, 0.5) is 0 Å². The summed E-state index contributed by atoms with van der Waals surface area (Å²) in [6, 6.07) is 0. The molecule has 0 spiro atoms. The highest BCUT2D eigenvalue weighted by molar-refractivity contribution is 5.81. The number of esters is 1. The van der Waals surface area contributed by atoms with Crippen LogP contribution in [0, 0.1) is 0 Å². The summed E-state index contributed by atoms with van der Waals surface area (Å²) >= 11 is 0. The first-order chi connectivity index (χ1) is 7.38. The molecule has 1 aliphatic rings. The topological polar surface area (TPSA) is 46.6 Å². The molecule has 4 heteroatoms. The van der Waals surface area contributed by atoms with Crippen molar-refractivity contribution in [3.05, 3.63) is 0 Å². The maximum atomic E-state index is 11.6. The summed E-state index contributed by atoms with van der Waals surface area (Å²) in [6.45, 7) is 7.16. The predicted octanol–water partition coefficient (Wildman–Crippen LogP) is 1.73. The monoisotopic (exact) mass is 227 g/mol. The van der Waals surface area contributed by atoms with E-state index in [1.165, 1.54) is 0 Å². The molecular formula is C12H21NO3. The van der Waals surface area contributed by atoms with Gasteiger partial charge in [-0.1, -0.05) is 0 Å². The molecule has 0 atom stereocenters. The van der Waals surface area contributed by atoms with Gasteiger partial charge < -0.3 is 9.64 Å². The number of hydrogen-bond acceptors (Lipinski definition) is 3. The molecule has 1 fully saturated rings. The van der Waals surface area contributed by atoms with Crippen molar-refractivity contribution in [1.82, 2.24) is 4.90 Å². The molecule has 0 bridgehead atoms. The van der Waals surface area contributed by atoms with E-state index in [0.29, 0.717) is 0 Å². The van der Waals surface area contributed by atoms with Crippen LogP contribution in [0.25, 0.3) is 0 Å². The fourth-order valence-corrected chi connectivity index (χ4v) is 1.73. The molecule has 0 N–H and O–H groups in total. The molecule has 0 unspecified atom stereocenters. The molecule has 0 aliphatic carbocycles. The summed E-state index contributed by atoms with van der Waals surface area (Å²) in [5.41, 5.74) is -0.465. The zero-order valence-corrected chi connectivity index (χ0v) is 10.4. The highest BCUT2D eigenvalue weighted by atomic mass is 16.6. The van der Waals surface area contributed by atoms with Gasteiger partial charge in [0.25, 0.3) is 0 Å². The lowest BCUT2D eigenvalue weighted by atomic mass is 10.2. The second kappa shape index (κ2) is 5.32. The van der Waals surface area contributed by atoms with Crippen molar-refractivity contribution in [2.45, 2.75) is 52.1 Å². The Morgan fingerprint density at radius 1 is 1.12 bits per heavy atom. The molecular weight excluding hydrogens is 206 g/mol. The van der Waals surface area contributed by atoms with Gasteiger partial charge in [-0.05, 0) is 33.6 Å². The molecule has 0 aromatic heterocycles. The van der Waals surface area contributed by atoms with Crippen LogP contribution >= 0.6 is 0 Å². The van der Waals surface area contributed by atoms with Gasteiger partial charge in [-0.25, -0.2) is 0 Å². The minimum Gasteiger partial charge on any atom is -0.460 e. The van der Waals surface area contributed by atoms with E-state index in [1.54, 1.807) is 0 Å². The molecule has 0 aromatic rings. The third-order valence-electron chi connectivity index (χ3n) is 2.42. The fraction of sp³-hybridized carbons (Fsp3) is 0.833. The molecule has 16 heavy (non-hydrogen) atoms. The normalized spacial score (nSPS) is 16.3. The number of likely N-dealkylation sites (tertiary alicyclic amines) is 1. The number of ether oxygens (including phenoxy) is 1. The summed E-state index contributed by atoms with van der Waals surface area (Å²) in [5, 5.41) is 0. The fourth-order valence-electron chi connectivity index (χ4n) is 1.73. The van der Waals surface area contributed by atoms with E-state index in [-0.39, 0.29) is 24.7 Å². The number of carbonyl (C=O) groups is 2. The Kier molecular flexibility index (Phi) is 4.33. The van der Waals surface area contributed by atoms with E-state index in [2.05, 4.69) is 0 Å². The van der Waals surface area contributed by atoms with Crippen LogP contribution in [-0.2, 0) is 14.3 Å². The van der Waals surface area contributed by atoms with Crippen molar-refractivity contribution >= 4 is 11.9 Å². The van der Waals surface area contributed by atoms with Crippen LogP contribution in [0.1, 0.15) is 46.5 Å². The summed E-state index contributed by atoms with van der Waals surface area (Å²) in [7, 11) is 0. The Hall–Kier alpha value is -1.06. The largest absolute Gasteiger partial charge is 0.460 e. The van der Waals surface area contributed by atoms with E-state index in [0.717, 1.165) is 25.9 Å². The second-order valence-corrected chi connectivity index (χ2v) is 5.17. The number of hydrogen-bond donors (Lipinski definition) is 0. The summed E-state index contributed by atoms with van der Waals surface area (Å²) in [4.78, 5) is 24.8. The maximum Gasteiger partial charge on any atom is 0.306 e. The highest BCUT2D eigenvalue weighted by Crippen LogP contribution is 2.12. The Bertz CT molecular complexity index is 262. The Morgan fingerprint density at radius 2 is 1.69 bits per heavy atom. The van der Waals surface area contributed by atoms with Crippen molar-refractivity contribution in [3.8, 4) is 0 Å². The average Bonchev–Trinajstić information content (AvgIpc) is 2.64. The van der Waals surface area contributed by atoms with Crippen LogP contribution < -0.4 is 0 Å². The number of nitrogens with zero attached hydrogens (tertiary/aromatic N) is 1. The molecule has 1 rings (SSSR count). The third kappa shape index (κ3) is 4.64. The van der Waals surface area contributed by atoms with E-state index >= 15 is 0 Å². The summed E-state index contributed by atoms with van der Waals surface area (Å²) < 4.78 is 5.14. The first kappa shape index (κ1) is 13.0. The van der Waals surface area contributed by atoms with Crippen molar-refractivity contribution in [2.24, 2.45) is 0 Å². The molecule has 0 radical (unpaired) electrons. The van der Waals surface area contributed by atoms with Gasteiger partial charge in [0.15, 0.2) is 0 Å². The Morgan fingerprint density at radius 3 is 2.19 bits per heavy atom. The Balaban J connectivity index is 2.23. The van der Waals surface area contributed by atoms with Gasteiger partial charge in [0.05, 0.1) is 6.42 Å². The van der Waals surface area contributed by atoms with Gasteiger partial charge in [0.1, 0.15) is 5.60 Å². The maximum absolute atomic E-state index is 11.6. The molecule has 1 heterocycles. The van der Waals surface area contributed by atoms with Gasteiger partial charge in [-0.15, -0.1) is 0 Å². The number of carbonyl (C=O) groups excluding carboxylic acids is 2. The first-order valence-electron chi connectivity index (χ1n) is 5.88. The van der Waals surface area contributed by atoms with Gasteiger partial charge in [0.2, 0.25) is 5.91 Å². The van der Waals surface area contributed by atoms with Crippen LogP contribution in [0.5, 0.6) is 0 Å². The summed E-state index contributed by atoms with van der Waals surface area (Å²) in [5.74, 6) is -0.219. The van der Waals surface area contributed by atoms with E-state index in [1.807, 2.05) is 25.7 Å². The molecule has 1 aliphatic heterocycles. The van der Waals surface area contributed by atoms with Crippen molar-refractivity contribution in [2.75, 3.05) is 13.1 Å². The lowest BCUT2D eigenvalue weighted by molar-refractivity contribution is -0.156. The second-order valence-electron chi connectivity index (χ2n) is 5.17. The molecule has 1 amide bonds. The molecule has 0 aromatic carbocycles. The zero-order valence-electron chi connectivity index (χ0n) is 10.4. The van der Waals surface area contributed by atoms with Crippen LogP contribution in [-0.4, -0.2) is 35.5 Å². The zero-order chi connectivity index (χ0) is 12.2. The average molecular weight is 227 g/mol. The van der Waals surface area contributed by atoms with Crippen LogP contribution in [0.2, 0.25) is 0 Å².